The lowest BCUT2D eigenvalue weighted by Crippen LogP contribution is -2.69. The van der Waals surface area contributed by atoms with E-state index in [0.29, 0.717) is 38.5 Å². The maximum Gasteiger partial charge on any atom is 0.187 e. The van der Waals surface area contributed by atoms with Gasteiger partial charge in [0, 0.05) is 12.3 Å². The van der Waals surface area contributed by atoms with E-state index in [1.54, 1.807) is 0 Å². The normalized spacial score (nSPS) is 52.7. The summed E-state index contributed by atoms with van der Waals surface area (Å²) in [5.74, 6) is -1.28. The van der Waals surface area contributed by atoms with Crippen molar-refractivity contribution in [2.24, 2.45) is 45.3 Å². The van der Waals surface area contributed by atoms with Crippen molar-refractivity contribution < 1.29 is 114 Å². The second kappa shape index (κ2) is 22.9. The zero-order chi connectivity index (χ0) is 56.8. The van der Waals surface area contributed by atoms with E-state index in [1.165, 1.54) is 6.92 Å². The van der Waals surface area contributed by atoms with Crippen molar-refractivity contribution in [3.8, 4) is 0 Å². The first-order chi connectivity index (χ1) is 35.9. The number of fused-ring (bicyclic) bond motifs is 5. The highest BCUT2D eigenvalue weighted by molar-refractivity contribution is 5.84. The van der Waals surface area contributed by atoms with Crippen LogP contribution >= 0.6 is 0 Å². The highest BCUT2D eigenvalue weighted by Gasteiger charge is 2.73. The Morgan fingerprint density at radius 1 is 0.636 bits per heavy atom. The van der Waals surface area contributed by atoms with E-state index >= 15 is 4.79 Å². The lowest BCUT2D eigenvalue weighted by atomic mass is 9.35. The largest absolute Gasteiger partial charge is 0.394 e. The van der Waals surface area contributed by atoms with Gasteiger partial charge in [-0.1, -0.05) is 46.3 Å². The number of carbonyl (C=O) groups excluding carboxylic acids is 1. The number of Topliss-reactive ketones (excluding diaryl/α,β-unsaturated/α-hetero) is 1. The molecule has 0 amide bonds. The van der Waals surface area contributed by atoms with Crippen LogP contribution in [0.5, 0.6) is 0 Å². The highest BCUT2D eigenvalue weighted by Crippen LogP contribution is 2.75. The molecule has 14 N–H and O–H groups in total. The van der Waals surface area contributed by atoms with Crippen molar-refractivity contribution in [3.05, 3.63) is 11.6 Å². The molecule has 0 radical (unpaired) electrons. The lowest BCUT2D eigenvalue weighted by Gasteiger charge is -2.70. The number of ketones is 1. The summed E-state index contributed by atoms with van der Waals surface area (Å²) in [6, 6.07) is 0. The molecule has 0 aromatic heterocycles. The van der Waals surface area contributed by atoms with Crippen molar-refractivity contribution in [2.45, 2.75) is 254 Å². The maximum atomic E-state index is 15.4. The predicted octanol–water partition coefficient (Wildman–Crippen LogP) is -2.00. The topological polar surface area (TPSA) is 374 Å². The van der Waals surface area contributed by atoms with Gasteiger partial charge in [-0.2, -0.15) is 0 Å². The molecule has 30 atom stereocenters. The van der Waals surface area contributed by atoms with Crippen LogP contribution in [0.4, 0.5) is 0 Å². The molecule has 4 aliphatic heterocycles. The van der Waals surface area contributed by atoms with Gasteiger partial charge in [0.15, 0.2) is 25.2 Å². The predicted molar refractivity (Wildman–Crippen MR) is 265 cm³/mol. The molecular weight excluding hydrogens is 1020 g/mol. The molecule has 8 aliphatic rings. The summed E-state index contributed by atoms with van der Waals surface area (Å²) < 4.78 is 48.7. The van der Waals surface area contributed by atoms with E-state index in [2.05, 4.69) is 26.8 Å². The van der Waals surface area contributed by atoms with Crippen LogP contribution < -0.4 is 0 Å². The van der Waals surface area contributed by atoms with Gasteiger partial charge in [0.2, 0.25) is 0 Å². The summed E-state index contributed by atoms with van der Waals surface area (Å²) in [4.78, 5) is 15.4. The van der Waals surface area contributed by atoms with Gasteiger partial charge >= 0.3 is 0 Å². The summed E-state index contributed by atoms with van der Waals surface area (Å²) in [6.45, 7) is 15.9. The van der Waals surface area contributed by atoms with Crippen LogP contribution in [0.2, 0.25) is 0 Å². The first kappa shape index (κ1) is 61.6. The number of ether oxygens (including phenoxy) is 8. The van der Waals surface area contributed by atoms with Crippen molar-refractivity contribution >= 4 is 5.78 Å². The quantitative estimate of drug-likeness (QED) is 0.0623. The molecule has 23 nitrogen and oxygen atoms in total. The Bertz CT molecular complexity index is 2060. The van der Waals surface area contributed by atoms with Crippen LogP contribution in [0.3, 0.4) is 0 Å². The highest BCUT2D eigenvalue weighted by atomic mass is 16.8. The molecule has 8 fully saturated rings. The second-order valence-electron chi connectivity index (χ2n) is 25.7. The third kappa shape index (κ3) is 10.7. The summed E-state index contributed by atoms with van der Waals surface area (Å²) in [6.07, 6.45) is -27.8. The smallest absolute Gasteiger partial charge is 0.187 e. The molecule has 0 bridgehead atoms. The number of hydrogen-bond acceptors (Lipinski definition) is 23. The molecule has 0 aromatic rings. The van der Waals surface area contributed by atoms with Gasteiger partial charge in [-0.3, -0.25) is 4.79 Å². The minimum absolute atomic E-state index is 0.0351. The number of aliphatic hydroxyl groups excluding tert-OH is 14. The Morgan fingerprint density at radius 2 is 1.18 bits per heavy atom. The van der Waals surface area contributed by atoms with E-state index in [-0.39, 0.29) is 30.5 Å². The molecule has 4 heterocycles. The lowest BCUT2D eigenvalue weighted by molar-refractivity contribution is -0.383. The molecule has 444 valence electrons. The first-order valence-corrected chi connectivity index (χ1v) is 27.7. The van der Waals surface area contributed by atoms with E-state index in [9.17, 15) is 71.5 Å². The summed E-state index contributed by atoms with van der Waals surface area (Å²) in [5.41, 5.74) is -2.66. The van der Waals surface area contributed by atoms with Gasteiger partial charge in [-0.25, -0.2) is 0 Å². The van der Waals surface area contributed by atoms with Crippen LogP contribution in [0, 0.1) is 45.3 Å². The van der Waals surface area contributed by atoms with Gasteiger partial charge < -0.3 is 109 Å². The summed E-state index contributed by atoms with van der Waals surface area (Å²) in [7, 11) is 0. The Kier molecular flexibility index (Phi) is 18.4. The molecule has 4 saturated carbocycles. The Hall–Kier alpha value is -1.47. The zero-order valence-corrected chi connectivity index (χ0v) is 45.8. The number of carbonyl (C=O) groups is 1. The Balaban J connectivity index is 1.03. The van der Waals surface area contributed by atoms with Gasteiger partial charge in [0.25, 0.3) is 0 Å². The van der Waals surface area contributed by atoms with Crippen LogP contribution in [-0.2, 0) is 42.7 Å². The summed E-state index contributed by atoms with van der Waals surface area (Å²) >= 11 is 0. The molecular formula is C54H90O23. The summed E-state index contributed by atoms with van der Waals surface area (Å²) in [5, 5.41) is 152. The molecule has 4 saturated heterocycles. The minimum Gasteiger partial charge on any atom is -0.394 e. The standard InChI is InChI=1S/C54H90O23/c1-22(2)11-10-14-54(9,77-48-43(69)39(65)36(62)29(74-48)21-70-46-41(67)37(63)33(59)23(3)71-46)24-12-15-53(8)32(24)25(57)17-31-51(6)18-26(58)45(50(4,5)30(51)13-16-52(31,53)7)76-49-44(40(66)35(61)28(20-56)73-49)75-47-42(68)38(64)34(60)27(19-55)72-47/h11,23-24,26-49,55-56,58-69H,10,12-21H2,1-9H3/t23-,24-,26+,27+,28+,29+,30-,31+,32-,33-,34+,35+,36+,37+,38-,39-,40-,41+,42+,43+,44+,45-,46+,47-,48-,49-,51-,52+,53+,54-/m0/s1. The third-order valence-corrected chi connectivity index (χ3v) is 20.6. The SMILES string of the molecule is CC(C)=CCC[C@](C)(O[C@@H]1O[C@H](CO[C@@H]2O[C@@H](C)[C@H](O)[C@@H](O)[C@H]2O)[C@@H](O)[C@H](O)[C@H]1O)[C@H]1CC[C@]2(C)[C@@H]1C(=O)C[C@@H]1[C@@]3(C)C[C@@H](O)[C@H](O[C@@H]4O[C@H](CO)[C@@H](O)[C@H](O)[C@H]4O[C@@H]4O[C@H](CO)[C@@H](O)[C@H](O)[C@H]4O)C(C)(C)[C@@H]3CC[C@]12C. The average molecular weight is 1110 g/mol. The number of aliphatic hydroxyl groups is 14. The number of allylic oxidation sites excluding steroid dienone is 2. The molecule has 77 heavy (non-hydrogen) atoms. The zero-order valence-electron chi connectivity index (χ0n) is 45.8. The monoisotopic (exact) mass is 1110 g/mol. The molecule has 0 aromatic carbocycles. The van der Waals surface area contributed by atoms with E-state index in [1.807, 2.05) is 34.6 Å². The third-order valence-electron chi connectivity index (χ3n) is 20.6. The fraction of sp³-hybridized carbons (Fsp3) is 0.944. The van der Waals surface area contributed by atoms with Crippen molar-refractivity contribution in [1.29, 1.82) is 0 Å². The minimum atomic E-state index is -1.87. The van der Waals surface area contributed by atoms with Gasteiger partial charge in [0.05, 0.1) is 43.7 Å². The fourth-order valence-electron chi connectivity index (χ4n) is 16.0. The number of rotatable bonds is 15. The number of hydrogen-bond donors (Lipinski definition) is 14. The van der Waals surface area contributed by atoms with Gasteiger partial charge in [0.1, 0.15) is 97.3 Å². The average Bonchev–Trinajstić information content (AvgIpc) is 3.91. The van der Waals surface area contributed by atoms with Crippen LogP contribution in [0.1, 0.15) is 114 Å². The van der Waals surface area contributed by atoms with Crippen LogP contribution in [-0.4, -0.2) is 238 Å². The van der Waals surface area contributed by atoms with Crippen molar-refractivity contribution in [1.82, 2.24) is 0 Å². The molecule has 4 aliphatic carbocycles. The first-order valence-electron chi connectivity index (χ1n) is 27.7. The molecule has 0 spiro atoms. The van der Waals surface area contributed by atoms with Crippen LogP contribution in [0.25, 0.3) is 0 Å². The van der Waals surface area contributed by atoms with Crippen molar-refractivity contribution in [3.63, 3.8) is 0 Å². The Morgan fingerprint density at radius 3 is 1.81 bits per heavy atom. The van der Waals surface area contributed by atoms with Gasteiger partial charge in [-0.05, 0) is 112 Å². The second-order valence-corrected chi connectivity index (χ2v) is 25.7. The molecule has 0 unspecified atom stereocenters. The molecule has 8 rings (SSSR count). The van der Waals surface area contributed by atoms with Crippen molar-refractivity contribution in [2.75, 3.05) is 19.8 Å². The molecule has 23 heteroatoms. The maximum absolute atomic E-state index is 15.4. The van der Waals surface area contributed by atoms with E-state index < -0.39 is 194 Å². The van der Waals surface area contributed by atoms with E-state index in [4.69, 9.17) is 37.9 Å². The van der Waals surface area contributed by atoms with E-state index in [0.717, 1.165) is 5.57 Å². The van der Waals surface area contributed by atoms with Gasteiger partial charge in [-0.15, -0.1) is 0 Å². The van der Waals surface area contributed by atoms with Crippen LogP contribution in [0.15, 0.2) is 11.6 Å². The fourth-order valence-corrected chi connectivity index (χ4v) is 16.0. The Labute approximate surface area is 450 Å².